The Morgan fingerprint density at radius 3 is 2.96 bits per heavy atom. The van der Waals surface area contributed by atoms with Crippen LogP contribution in [0, 0.1) is 6.92 Å². The largest absolute Gasteiger partial charge is 0.352 e. The zero-order valence-electron chi connectivity index (χ0n) is 13.6. The van der Waals surface area contributed by atoms with Crippen LogP contribution >= 0.6 is 19.1 Å². The van der Waals surface area contributed by atoms with Crippen molar-refractivity contribution in [1.29, 1.82) is 0 Å². The fourth-order valence-corrected chi connectivity index (χ4v) is 3.65. The molecule has 0 bridgehead atoms. The second kappa shape index (κ2) is 8.18. The highest BCUT2D eigenvalue weighted by Crippen LogP contribution is 2.43. The van der Waals surface area contributed by atoms with Gasteiger partial charge >= 0.3 is 5.69 Å². The smallest absolute Gasteiger partial charge is 0.330 e. The third kappa shape index (κ3) is 4.52. The van der Waals surface area contributed by atoms with E-state index in [-0.39, 0.29) is 18.6 Å². The Morgan fingerprint density at radius 1 is 1.64 bits per heavy atom. The molecule has 13 heteroatoms. The van der Waals surface area contributed by atoms with Crippen molar-refractivity contribution in [2.24, 2.45) is 5.11 Å². The highest BCUT2D eigenvalue weighted by molar-refractivity contribution is 7.58. The molecule has 2 heterocycles. The number of nitrogens with zero attached hydrogens (tertiary/aromatic N) is 4. The molecule has 0 radical (unpaired) electrons. The molecule has 0 aliphatic carbocycles. The van der Waals surface area contributed by atoms with Crippen LogP contribution in [0.3, 0.4) is 0 Å². The fourth-order valence-electron chi connectivity index (χ4n) is 2.38. The van der Waals surface area contributed by atoms with Crippen LogP contribution in [0.25, 0.3) is 10.4 Å². The van der Waals surface area contributed by atoms with Crippen molar-refractivity contribution >= 4 is 19.1 Å². The summed E-state index contributed by atoms with van der Waals surface area (Å²) in [6.45, 7) is 1.42. The molecule has 11 nitrogen and oxygen atoms in total. The molecule has 1 aromatic heterocycles. The summed E-state index contributed by atoms with van der Waals surface area (Å²) in [4.78, 5) is 28.4. The predicted molar refractivity (Wildman–Crippen MR) is 90.9 cm³/mol. The molecule has 2 rings (SSSR count). The number of rotatable bonds is 7. The first-order valence-corrected chi connectivity index (χ1v) is 9.68. The first-order chi connectivity index (χ1) is 11.8. The quantitative estimate of drug-likeness (QED) is 0.235. The van der Waals surface area contributed by atoms with Crippen LogP contribution < -0.4 is 16.3 Å². The van der Waals surface area contributed by atoms with Gasteiger partial charge in [-0.2, -0.15) is 0 Å². The molecule has 2 N–H and O–H groups in total. The van der Waals surface area contributed by atoms with E-state index in [0.29, 0.717) is 5.56 Å². The van der Waals surface area contributed by atoms with Gasteiger partial charge in [-0.3, -0.25) is 18.9 Å². The molecule has 1 aliphatic heterocycles. The average molecular weight is 393 g/mol. The van der Waals surface area contributed by atoms with Crippen LogP contribution in [0.5, 0.6) is 0 Å². The fraction of sp³-hybridized carbons (Fsp3) is 0.667. The molecule has 1 saturated heterocycles. The highest BCUT2D eigenvalue weighted by atomic mass is 35.5. The van der Waals surface area contributed by atoms with Gasteiger partial charge in [0, 0.05) is 23.1 Å². The van der Waals surface area contributed by atoms with E-state index in [1.807, 2.05) is 0 Å². The van der Waals surface area contributed by atoms with Gasteiger partial charge in [0.15, 0.2) is 0 Å². The van der Waals surface area contributed by atoms with Crippen molar-refractivity contribution in [1.82, 2.24) is 14.6 Å². The number of aromatic amines is 1. The second-order valence-corrected chi connectivity index (χ2v) is 8.44. The van der Waals surface area contributed by atoms with Crippen molar-refractivity contribution < 1.29 is 13.8 Å². The van der Waals surface area contributed by atoms with E-state index >= 15 is 0 Å². The number of hydrogen-bond acceptors (Lipinski definition) is 6. The van der Waals surface area contributed by atoms with Crippen LogP contribution in [0.1, 0.15) is 18.2 Å². The Morgan fingerprint density at radius 2 is 2.36 bits per heavy atom. The number of aromatic nitrogens is 2. The lowest BCUT2D eigenvalue weighted by Crippen LogP contribution is -2.33. The van der Waals surface area contributed by atoms with Gasteiger partial charge in [0.25, 0.3) is 13.1 Å². The molecule has 4 atom stereocenters. The summed E-state index contributed by atoms with van der Waals surface area (Å²) >= 11 is 5.62. The van der Waals surface area contributed by atoms with Crippen LogP contribution in [-0.2, 0) is 13.8 Å². The molecule has 1 aromatic rings. The molecule has 1 fully saturated rings. The van der Waals surface area contributed by atoms with Crippen LogP contribution in [-0.4, -0.2) is 41.0 Å². The van der Waals surface area contributed by atoms with Gasteiger partial charge in [0.2, 0.25) is 0 Å². The summed E-state index contributed by atoms with van der Waals surface area (Å²) in [7, 11) is -1.76. The third-order valence-corrected chi connectivity index (χ3v) is 6.31. The number of alkyl halides is 1. The number of aryl methyl sites for hydroxylation is 1. The number of halogens is 1. The monoisotopic (exact) mass is 392 g/mol. The van der Waals surface area contributed by atoms with Crippen molar-refractivity contribution in [3.8, 4) is 0 Å². The highest BCUT2D eigenvalue weighted by Gasteiger charge is 2.37. The zero-order valence-corrected chi connectivity index (χ0v) is 15.2. The minimum atomic E-state index is -3.21. The van der Waals surface area contributed by atoms with Gasteiger partial charge < -0.3 is 9.26 Å². The molecule has 0 aromatic carbocycles. The Hall–Kier alpha value is -1.61. The summed E-state index contributed by atoms with van der Waals surface area (Å²) in [5, 5.41) is 6.16. The van der Waals surface area contributed by atoms with Crippen LogP contribution in [0.15, 0.2) is 20.9 Å². The number of hydrogen-bond donors (Lipinski definition) is 2. The number of ether oxygens (including phenoxy) is 1. The third-order valence-electron chi connectivity index (χ3n) is 3.81. The SMILES string of the molecule is CNP(=O)(CCl)OC[C@H]1O[C@@H](n2cc(C)c(=O)[nH]c2=O)C[C@@H]1N=[N+]=[N-]. The topological polar surface area (TPSA) is 151 Å². The first-order valence-electron chi connectivity index (χ1n) is 7.34. The first kappa shape index (κ1) is 19.7. The maximum Gasteiger partial charge on any atom is 0.330 e. The number of nitrogens with one attached hydrogen (secondary N) is 2. The lowest BCUT2D eigenvalue weighted by atomic mass is 10.1. The molecule has 138 valence electrons. The van der Waals surface area contributed by atoms with Gasteiger partial charge in [0.1, 0.15) is 11.8 Å². The normalized spacial score (nSPS) is 25.3. The van der Waals surface area contributed by atoms with Crippen LogP contribution in [0.2, 0.25) is 0 Å². The Balaban J connectivity index is 2.21. The van der Waals surface area contributed by atoms with Crippen LogP contribution in [0.4, 0.5) is 0 Å². The van der Waals surface area contributed by atoms with E-state index in [4.69, 9.17) is 26.4 Å². The molecular formula is C12H18ClN6O5P. The van der Waals surface area contributed by atoms with E-state index in [2.05, 4.69) is 20.1 Å². The molecular weight excluding hydrogens is 375 g/mol. The average Bonchev–Trinajstić information content (AvgIpc) is 2.99. The lowest BCUT2D eigenvalue weighted by molar-refractivity contribution is -0.0222. The van der Waals surface area contributed by atoms with E-state index in [9.17, 15) is 14.2 Å². The van der Waals surface area contributed by atoms with Gasteiger partial charge in [0.05, 0.1) is 18.8 Å². The molecule has 1 aliphatic rings. The number of azide groups is 1. The molecule has 0 saturated carbocycles. The zero-order chi connectivity index (χ0) is 18.6. The van der Waals surface area contributed by atoms with E-state index in [1.165, 1.54) is 17.8 Å². The van der Waals surface area contributed by atoms with Crippen molar-refractivity contribution in [3.05, 3.63) is 43.0 Å². The molecule has 1 unspecified atom stereocenters. The van der Waals surface area contributed by atoms with Gasteiger partial charge in [-0.05, 0) is 19.5 Å². The summed E-state index contributed by atoms with van der Waals surface area (Å²) in [6, 6.07) is -0.630. The summed E-state index contributed by atoms with van der Waals surface area (Å²) in [5.41, 5.74) is 7.70. The minimum absolute atomic E-state index is 0.137. The Bertz CT molecular complexity index is 826. The predicted octanol–water partition coefficient (Wildman–Crippen LogP) is 1.44. The number of H-pyrrole nitrogens is 1. The van der Waals surface area contributed by atoms with Gasteiger partial charge in [-0.15, -0.1) is 11.6 Å². The Labute approximate surface area is 147 Å². The van der Waals surface area contributed by atoms with Crippen molar-refractivity contribution in [2.75, 3.05) is 19.3 Å². The summed E-state index contributed by atoms with van der Waals surface area (Å²) in [6.07, 6.45) is 0.107. The van der Waals surface area contributed by atoms with E-state index in [0.717, 1.165) is 0 Å². The summed E-state index contributed by atoms with van der Waals surface area (Å²) in [5.74, 6) is 0. The van der Waals surface area contributed by atoms with Gasteiger partial charge in [-0.25, -0.2) is 9.88 Å². The Kier molecular flexibility index (Phi) is 6.45. The molecule has 25 heavy (non-hydrogen) atoms. The maximum atomic E-state index is 12.1. The van der Waals surface area contributed by atoms with E-state index in [1.54, 1.807) is 6.92 Å². The minimum Gasteiger partial charge on any atom is -0.352 e. The summed E-state index contributed by atoms with van der Waals surface area (Å²) < 4.78 is 24.4. The lowest BCUT2D eigenvalue weighted by Gasteiger charge is -2.20. The molecule has 0 amide bonds. The van der Waals surface area contributed by atoms with Gasteiger partial charge in [-0.1, -0.05) is 5.11 Å². The molecule has 0 spiro atoms. The van der Waals surface area contributed by atoms with Crippen molar-refractivity contribution in [2.45, 2.75) is 31.7 Å². The van der Waals surface area contributed by atoms with E-state index < -0.39 is 37.1 Å². The van der Waals surface area contributed by atoms with Crippen molar-refractivity contribution in [3.63, 3.8) is 0 Å². The standard InChI is InChI=1S/C12H18ClN6O5P/c1-7-4-19(12(21)16-11(7)20)10-3-8(17-18-14)9(24-10)5-23-25(22,6-13)15-2/h4,8-10H,3,5-6H2,1-2H3,(H,15,22)(H,16,20,21)/t8-,9+,10+,25?/m0/s1. The second-order valence-electron chi connectivity index (χ2n) is 5.43. The maximum absolute atomic E-state index is 12.1.